The highest BCUT2D eigenvalue weighted by Gasteiger charge is 2.19. The van der Waals surface area contributed by atoms with Crippen molar-refractivity contribution in [1.29, 1.82) is 0 Å². The van der Waals surface area contributed by atoms with E-state index in [1.165, 1.54) is 0 Å². The van der Waals surface area contributed by atoms with Gasteiger partial charge in [-0.3, -0.25) is 0 Å². The van der Waals surface area contributed by atoms with E-state index < -0.39 is 0 Å². The van der Waals surface area contributed by atoms with E-state index in [2.05, 4.69) is 6.07 Å². The molecule has 2 heteroatoms. The highest BCUT2D eigenvalue weighted by Crippen LogP contribution is 2.17. The van der Waals surface area contributed by atoms with Crippen LogP contribution in [-0.2, 0) is 11.3 Å². The van der Waals surface area contributed by atoms with E-state index in [0.717, 1.165) is 5.56 Å². The van der Waals surface area contributed by atoms with Crippen LogP contribution >= 0.6 is 0 Å². The number of cyclic esters (lactones) is 1. The first-order valence-corrected chi connectivity index (χ1v) is 3.04. The normalized spacial score (nSPS) is 14.6. The number of fused-ring (bicyclic) bond motifs is 1. The molecular formula is C8H5O2. The lowest BCUT2D eigenvalue weighted by Gasteiger charge is -1.86. The highest BCUT2D eigenvalue weighted by atomic mass is 16.5. The number of carbonyl (C=O) groups is 1. The topological polar surface area (TPSA) is 26.3 Å². The summed E-state index contributed by atoms with van der Waals surface area (Å²) in [5.41, 5.74) is 1.52. The Balaban J connectivity index is 2.61. The SMILES string of the molecule is O=C1OCc2ccc[c]c21. The van der Waals surface area contributed by atoms with Crippen LogP contribution in [0.1, 0.15) is 15.9 Å². The summed E-state index contributed by atoms with van der Waals surface area (Å²) in [6, 6.07) is 8.26. The Morgan fingerprint density at radius 2 is 2.50 bits per heavy atom. The molecular weight excluding hydrogens is 128 g/mol. The van der Waals surface area contributed by atoms with Gasteiger partial charge >= 0.3 is 5.97 Å². The second-order valence-corrected chi connectivity index (χ2v) is 2.15. The lowest BCUT2D eigenvalue weighted by atomic mass is 10.1. The van der Waals surface area contributed by atoms with Gasteiger partial charge in [0.25, 0.3) is 0 Å². The quantitative estimate of drug-likeness (QED) is 0.496. The predicted octanol–water partition coefficient (Wildman–Crippen LogP) is 1.16. The molecule has 1 aliphatic heterocycles. The molecule has 49 valence electrons. The summed E-state index contributed by atoms with van der Waals surface area (Å²) in [5.74, 6) is -0.254. The Morgan fingerprint density at radius 1 is 1.60 bits per heavy atom. The minimum atomic E-state index is -0.254. The fourth-order valence-corrected chi connectivity index (χ4v) is 0.998. The van der Waals surface area contributed by atoms with Crippen LogP contribution in [0.15, 0.2) is 18.2 Å². The minimum Gasteiger partial charge on any atom is -0.457 e. The molecule has 0 atom stereocenters. The van der Waals surface area contributed by atoms with Gasteiger partial charge in [0, 0.05) is 5.56 Å². The summed E-state index contributed by atoms with van der Waals surface area (Å²) in [6.45, 7) is 0.408. The first-order chi connectivity index (χ1) is 4.88. The van der Waals surface area contributed by atoms with E-state index in [4.69, 9.17) is 4.74 Å². The standard InChI is InChI=1S/C8H5O2/c9-8-7-4-2-1-3-6(7)5-10-8/h1-3H,5H2. The zero-order valence-electron chi connectivity index (χ0n) is 5.26. The summed E-state index contributed by atoms with van der Waals surface area (Å²) in [6.07, 6.45) is 0. The van der Waals surface area contributed by atoms with Crippen molar-refractivity contribution in [3.8, 4) is 0 Å². The highest BCUT2D eigenvalue weighted by molar-refractivity contribution is 5.92. The van der Waals surface area contributed by atoms with Crippen molar-refractivity contribution in [3.05, 3.63) is 35.4 Å². The third-order valence-electron chi connectivity index (χ3n) is 1.51. The van der Waals surface area contributed by atoms with Crippen LogP contribution in [0, 0.1) is 6.07 Å². The van der Waals surface area contributed by atoms with Crippen LogP contribution < -0.4 is 0 Å². The Labute approximate surface area is 58.4 Å². The largest absolute Gasteiger partial charge is 0.457 e. The number of rotatable bonds is 0. The molecule has 0 unspecified atom stereocenters. The molecule has 1 aromatic rings. The van der Waals surface area contributed by atoms with Crippen molar-refractivity contribution in [3.63, 3.8) is 0 Å². The van der Waals surface area contributed by atoms with Crippen molar-refractivity contribution in [1.82, 2.24) is 0 Å². The molecule has 1 aromatic carbocycles. The molecule has 0 spiro atoms. The van der Waals surface area contributed by atoms with Gasteiger partial charge in [0.1, 0.15) is 6.61 Å². The van der Waals surface area contributed by atoms with E-state index in [1.807, 2.05) is 12.1 Å². The summed E-state index contributed by atoms with van der Waals surface area (Å²) < 4.78 is 4.75. The molecule has 0 N–H and O–H groups in total. The fraction of sp³-hybridized carbons (Fsp3) is 0.125. The number of carbonyl (C=O) groups excluding carboxylic acids is 1. The Morgan fingerprint density at radius 3 is 3.30 bits per heavy atom. The van der Waals surface area contributed by atoms with Gasteiger partial charge in [0.05, 0.1) is 5.56 Å². The molecule has 2 rings (SSSR count). The molecule has 2 nitrogen and oxygen atoms in total. The smallest absolute Gasteiger partial charge is 0.339 e. The van der Waals surface area contributed by atoms with E-state index >= 15 is 0 Å². The molecule has 1 radical (unpaired) electrons. The van der Waals surface area contributed by atoms with Gasteiger partial charge in [0.15, 0.2) is 0 Å². The minimum absolute atomic E-state index is 0.254. The third kappa shape index (κ3) is 0.620. The molecule has 1 heterocycles. The molecule has 0 aromatic heterocycles. The van der Waals surface area contributed by atoms with Crippen molar-refractivity contribution in [2.24, 2.45) is 0 Å². The van der Waals surface area contributed by atoms with Crippen LogP contribution in [0.4, 0.5) is 0 Å². The Hall–Kier alpha value is -1.31. The predicted molar refractivity (Wildman–Crippen MR) is 34.4 cm³/mol. The molecule has 1 aliphatic rings. The summed E-state index contributed by atoms with van der Waals surface area (Å²) in [5, 5.41) is 0. The Bertz CT molecular complexity index is 278. The number of hydrogen-bond acceptors (Lipinski definition) is 2. The fourth-order valence-electron chi connectivity index (χ4n) is 0.998. The van der Waals surface area contributed by atoms with Crippen LogP contribution in [0.2, 0.25) is 0 Å². The number of ether oxygens (including phenoxy) is 1. The van der Waals surface area contributed by atoms with Gasteiger partial charge < -0.3 is 4.74 Å². The second kappa shape index (κ2) is 1.84. The molecule has 0 saturated heterocycles. The maximum absolute atomic E-state index is 10.8. The average molecular weight is 133 g/mol. The number of esters is 1. The van der Waals surface area contributed by atoms with Crippen molar-refractivity contribution in [2.45, 2.75) is 6.61 Å². The van der Waals surface area contributed by atoms with Crippen LogP contribution in [0.3, 0.4) is 0 Å². The molecule has 0 saturated carbocycles. The van der Waals surface area contributed by atoms with Crippen molar-refractivity contribution >= 4 is 5.97 Å². The van der Waals surface area contributed by atoms with Gasteiger partial charge in [0.2, 0.25) is 0 Å². The van der Waals surface area contributed by atoms with Crippen molar-refractivity contribution < 1.29 is 9.53 Å². The van der Waals surface area contributed by atoms with Crippen LogP contribution in [0.25, 0.3) is 0 Å². The van der Waals surface area contributed by atoms with Gasteiger partial charge in [-0.15, -0.1) is 0 Å². The summed E-state index contributed by atoms with van der Waals surface area (Å²) in [7, 11) is 0. The van der Waals surface area contributed by atoms with Gasteiger partial charge in [-0.2, -0.15) is 0 Å². The van der Waals surface area contributed by atoms with Crippen LogP contribution in [0.5, 0.6) is 0 Å². The van der Waals surface area contributed by atoms with E-state index in [0.29, 0.717) is 12.2 Å². The molecule has 10 heavy (non-hydrogen) atoms. The monoisotopic (exact) mass is 133 g/mol. The van der Waals surface area contributed by atoms with Gasteiger partial charge in [-0.1, -0.05) is 18.2 Å². The lowest BCUT2D eigenvalue weighted by Crippen LogP contribution is -1.92. The first-order valence-electron chi connectivity index (χ1n) is 3.04. The Kier molecular flexibility index (Phi) is 1.01. The maximum Gasteiger partial charge on any atom is 0.339 e. The van der Waals surface area contributed by atoms with Gasteiger partial charge in [-0.05, 0) is 6.07 Å². The molecule has 0 bridgehead atoms. The zero-order valence-corrected chi connectivity index (χ0v) is 5.26. The number of benzene rings is 1. The summed E-state index contributed by atoms with van der Waals surface area (Å²) in [4.78, 5) is 10.8. The molecule has 0 aliphatic carbocycles. The summed E-state index contributed by atoms with van der Waals surface area (Å²) >= 11 is 0. The van der Waals surface area contributed by atoms with Crippen molar-refractivity contribution in [2.75, 3.05) is 0 Å². The lowest BCUT2D eigenvalue weighted by molar-refractivity contribution is 0.0535. The third-order valence-corrected chi connectivity index (χ3v) is 1.51. The molecule has 0 amide bonds. The number of hydrogen-bond donors (Lipinski definition) is 0. The van der Waals surface area contributed by atoms with E-state index in [-0.39, 0.29) is 5.97 Å². The van der Waals surface area contributed by atoms with Gasteiger partial charge in [-0.25, -0.2) is 4.79 Å². The zero-order chi connectivity index (χ0) is 6.97. The van der Waals surface area contributed by atoms with Crippen LogP contribution in [-0.4, -0.2) is 5.97 Å². The first kappa shape index (κ1) is 5.47. The average Bonchev–Trinajstić information content (AvgIpc) is 2.34. The maximum atomic E-state index is 10.8. The second-order valence-electron chi connectivity index (χ2n) is 2.15. The molecule has 0 fully saturated rings. The van der Waals surface area contributed by atoms with E-state index in [1.54, 1.807) is 6.07 Å². The van der Waals surface area contributed by atoms with E-state index in [9.17, 15) is 4.79 Å².